The summed E-state index contributed by atoms with van der Waals surface area (Å²) in [6.07, 6.45) is 3.88. The first-order chi connectivity index (χ1) is 9.87. The van der Waals surface area contributed by atoms with Crippen LogP contribution in [0.5, 0.6) is 0 Å². The number of hydrogen-bond acceptors (Lipinski definition) is 3. The van der Waals surface area contributed by atoms with Gasteiger partial charge in [0.25, 0.3) is 0 Å². The number of nitrogens with one attached hydrogen (secondary N) is 1. The van der Waals surface area contributed by atoms with E-state index in [0.29, 0.717) is 17.3 Å². The van der Waals surface area contributed by atoms with Gasteiger partial charge in [-0.15, -0.1) is 0 Å². The molecule has 0 saturated carbocycles. The molecule has 2 rings (SSSR count). The van der Waals surface area contributed by atoms with Gasteiger partial charge in [-0.05, 0) is 31.0 Å². The van der Waals surface area contributed by atoms with Gasteiger partial charge in [-0.2, -0.15) is 0 Å². The minimum Gasteiger partial charge on any atom is -0.337 e. The quantitative estimate of drug-likeness (QED) is 0.885. The van der Waals surface area contributed by atoms with Gasteiger partial charge in [-0.3, -0.25) is 0 Å². The summed E-state index contributed by atoms with van der Waals surface area (Å²) in [7, 11) is -1.53. The van der Waals surface area contributed by atoms with E-state index in [1.807, 2.05) is 19.2 Å². The largest absolute Gasteiger partial charge is 0.337 e. The Balaban J connectivity index is 1.96. The number of sulfonamides is 1. The SMILES string of the molecule is CC(NS(=O)(=O)CCc1ccc(Cl)cc1)c1nccn1C. The van der Waals surface area contributed by atoms with E-state index in [1.54, 1.807) is 36.0 Å². The highest BCUT2D eigenvalue weighted by Crippen LogP contribution is 2.12. The first kappa shape index (κ1) is 16.0. The number of rotatable bonds is 6. The van der Waals surface area contributed by atoms with Crippen LogP contribution in [0.3, 0.4) is 0 Å². The summed E-state index contributed by atoms with van der Waals surface area (Å²) < 4.78 is 28.7. The van der Waals surface area contributed by atoms with Crippen LogP contribution >= 0.6 is 11.6 Å². The van der Waals surface area contributed by atoms with Gasteiger partial charge in [0.1, 0.15) is 5.82 Å². The average Bonchev–Trinajstić information content (AvgIpc) is 2.84. The number of imidazole rings is 1. The maximum Gasteiger partial charge on any atom is 0.212 e. The van der Waals surface area contributed by atoms with Gasteiger partial charge < -0.3 is 4.57 Å². The lowest BCUT2D eigenvalue weighted by Crippen LogP contribution is -2.31. The molecular weight excluding hydrogens is 310 g/mol. The zero-order chi connectivity index (χ0) is 15.5. The summed E-state index contributed by atoms with van der Waals surface area (Å²) >= 11 is 5.80. The lowest BCUT2D eigenvalue weighted by atomic mass is 10.2. The number of nitrogens with zero attached hydrogens (tertiary/aromatic N) is 2. The summed E-state index contributed by atoms with van der Waals surface area (Å²) in [5.74, 6) is 0.716. The van der Waals surface area contributed by atoms with Crippen LogP contribution in [0.15, 0.2) is 36.7 Å². The van der Waals surface area contributed by atoms with Gasteiger partial charge in [0.2, 0.25) is 10.0 Å². The van der Waals surface area contributed by atoms with Gasteiger partial charge in [0.05, 0.1) is 11.8 Å². The van der Waals surface area contributed by atoms with Crippen molar-refractivity contribution in [2.24, 2.45) is 7.05 Å². The van der Waals surface area contributed by atoms with Gasteiger partial charge in [-0.25, -0.2) is 18.1 Å². The molecule has 114 valence electrons. The maximum absolute atomic E-state index is 12.1. The molecule has 0 aliphatic heterocycles. The molecule has 5 nitrogen and oxygen atoms in total. The zero-order valence-corrected chi connectivity index (χ0v) is 13.5. The third-order valence-corrected chi connectivity index (χ3v) is 4.88. The third-order valence-electron chi connectivity index (χ3n) is 3.17. The van der Waals surface area contributed by atoms with Gasteiger partial charge in [0, 0.05) is 24.5 Å². The molecule has 0 aliphatic carbocycles. The molecule has 0 amide bonds. The predicted octanol–water partition coefficient (Wildman–Crippen LogP) is 2.30. The lowest BCUT2D eigenvalue weighted by molar-refractivity contribution is 0.553. The molecule has 2 aromatic rings. The van der Waals surface area contributed by atoms with E-state index in [-0.39, 0.29) is 11.8 Å². The second kappa shape index (κ2) is 6.60. The van der Waals surface area contributed by atoms with Gasteiger partial charge >= 0.3 is 0 Å². The van der Waals surface area contributed by atoms with Gasteiger partial charge in [0.15, 0.2) is 0 Å². The molecule has 1 aromatic heterocycles. The first-order valence-corrected chi connectivity index (χ1v) is 8.62. The first-order valence-electron chi connectivity index (χ1n) is 6.59. The van der Waals surface area contributed by atoms with Crippen molar-refractivity contribution in [2.75, 3.05) is 5.75 Å². The Kier molecular flexibility index (Phi) is 5.03. The number of aromatic nitrogens is 2. The highest BCUT2D eigenvalue weighted by molar-refractivity contribution is 7.89. The van der Waals surface area contributed by atoms with Crippen molar-refractivity contribution in [1.29, 1.82) is 0 Å². The van der Waals surface area contributed by atoms with Crippen molar-refractivity contribution in [3.63, 3.8) is 0 Å². The molecule has 0 spiro atoms. The van der Waals surface area contributed by atoms with Crippen molar-refractivity contribution in [3.05, 3.63) is 53.1 Å². The second-order valence-electron chi connectivity index (χ2n) is 4.93. The molecule has 7 heteroatoms. The zero-order valence-electron chi connectivity index (χ0n) is 12.0. The topological polar surface area (TPSA) is 64.0 Å². The summed E-state index contributed by atoms with van der Waals surface area (Å²) in [6, 6.07) is 6.82. The fourth-order valence-electron chi connectivity index (χ4n) is 2.08. The monoisotopic (exact) mass is 327 g/mol. The molecule has 1 unspecified atom stereocenters. The van der Waals surface area contributed by atoms with E-state index in [0.717, 1.165) is 5.56 Å². The highest BCUT2D eigenvalue weighted by Gasteiger charge is 2.18. The fourth-order valence-corrected chi connectivity index (χ4v) is 3.47. The lowest BCUT2D eigenvalue weighted by Gasteiger charge is -2.14. The van der Waals surface area contributed by atoms with E-state index in [4.69, 9.17) is 11.6 Å². The van der Waals surface area contributed by atoms with E-state index in [9.17, 15) is 8.42 Å². The molecular formula is C14H18ClN3O2S. The minimum absolute atomic E-state index is 0.0311. The summed E-state index contributed by atoms with van der Waals surface area (Å²) in [5.41, 5.74) is 0.939. The fraction of sp³-hybridized carbons (Fsp3) is 0.357. The number of hydrogen-bond donors (Lipinski definition) is 1. The number of halogens is 1. The van der Waals surface area contributed by atoms with Crippen molar-refractivity contribution in [1.82, 2.24) is 14.3 Å². The molecule has 0 radical (unpaired) electrons. The third kappa shape index (κ3) is 4.56. The number of aryl methyl sites for hydroxylation is 2. The van der Waals surface area contributed by atoms with E-state index in [1.165, 1.54) is 0 Å². The van der Waals surface area contributed by atoms with E-state index in [2.05, 4.69) is 9.71 Å². The molecule has 0 saturated heterocycles. The smallest absolute Gasteiger partial charge is 0.212 e. The molecule has 0 aliphatic rings. The molecule has 0 bridgehead atoms. The maximum atomic E-state index is 12.1. The number of benzene rings is 1. The Morgan fingerprint density at radius 3 is 2.57 bits per heavy atom. The van der Waals surface area contributed by atoms with Crippen LogP contribution in [0, 0.1) is 0 Å². The van der Waals surface area contributed by atoms with E-state index >= 15 is 0 Å². The Morgan fingerprint density at radius 2 is 2.00 bits per heavy atom. The van der Waals surface area contributed by atoms with Crippen LogP contribution in [0.4, 0.5) is 0 Å². The van der Waals surface area contributed by atoms with E-state index < -0.39 is 10.0 Å². The van der Waals surface area contributed by atoms with Crippen molar-refractivity contribution < 1.29 is 8.42 Å². The Bertz CT molecular complexity index is 695. The summed E-state index contributed by atoms with van der Waals surface area (Å²) in [6.45, 7) is 1.78. The molecule has 1 aromatic carbocycles. The molecule has 1 heterocycles. The predicted molar refractivity (Wildman–Crippen MR) is 83.7 cm³/mol. The molecule has 1 atom stereocenters. The summed E-state index contributed by atoms with van der Waals surface area (Å²) in [5, 5.41) is 0.642. The average molecular weight is 328 g/mol. The van der Waals surface area contributed by atoms with Crippen LogP contribution < -0.4 is 4.72 Å². The van der Waals surface area contributed by atoms with Crippen LogP contribution in [0.25, 0.3) is 0 Å². The van der Waals surface area contributed by atoms with Crippen LogP contribution in [0.2, 0.25) is 5.02 Å². The standard InChI is InChI=1S/C14H18ClN3O2S/c1-11(14-16-8-9-18(14)2)17-21(19,20)10-7-12-3-5-13(15)6-4-12/h3-6,8-9,11,17H,7,10H2,1-2H3. The second-order valence-corrected chi connectivity index (χ2v) is 7.24. The molecule has 1 N–H and O–H groups in total. The van der Waals surface area contributed by atoms with Crippen molar-refractivity contribution in [2.45, 2.75) is 19.4 Å². The van der Waals surface area contributed by atoms with Crippen molar-refractivity contribution in [3.8, 4) is 0 Å². The summed E-state index contributed by atoms with van der Waals surface area (Å²) in [4.78, 5) is 4.15. The van der Waals surface area contributed by atoms with Crippen LogP contribution in [-0.2, 0) is 23.5 Å². The highest BCUT2D eigenvalue weighted by atomic mass is 35.5. The van der Waals surface area contributed by atoms with Crippen LogP contribution in [0.1, 0.15) is 24.4 Å². The van der Waals surface area contributed by atoms with Crippen LogP contribution in [-0.4, -0.2) is 23.7 Å². The molecule has 0 fully saturated rings. The Hall–Kier alpha value is -1.37. The van der Waals surface area contributed by atoms with Crippen molar-refractivity contribution >= 4 is 21.6 Å². The Labute approximate surface area is 130 Å². The Morgan fingerprint density at radius 1 is 1.33 bits per heavy atom. The minimum atomic E-state index is -3.37. The molecule has 21 heavy (non-hydrogen) atoms. The van der Waals surface area contributed by atoms with Gasteiger partial charge in [-0.1, -0.05) is 23.7 Å². The normalized spacial score (nSPS) is 13.3.